The maximum atomic E-state index is 13.8. The van der Waals surface area contributed by atoms with Gasteiger partial charge in [-0.1, -0.05) is 11.6 Å². The van der Waals surface area contributed by atoms with Crippen LogP contribution in [-0.2, 0) is 14.8 Å². The average molecular weight is 311 g/mol. The molecule has 19 heavy (non-hydrogen) atoms. The van der Waals surface area contributed by atoms with Gasteiger partial charge in [0.25, 0.3) is 0 Å². The Balaban J connectivity index is 3.06. The lowest BCUT2D eigenvalue weighted by molar-refractivity contribution is 0.138. The molecule has 0 saturated heterocycles. The molecule has 0 bridgehead atoms. The van der Waals surface area contributed by atoms with E-state index in [2.05, 4.69) is 0 Å². The zero-order valence-corrected chi connectivity index (χ0v) is 12.3. The number of ether oxygens (including phenoxy) is 1. The minimum absolute atomic E-state index is 0.0654. The Hall–Kier alpha value is -0.890. The third-order valence-electron chi connectivity index (χ3n) is 2.48. The third-order valence-corrected chi connectivity index (χ3v) is 4.55. The lowest BCUT2D eigenvalue weighted by atomic mass is 10.3. The molecule has 1 aromatic carbocycles. The number of sulfonamides is 1. The van der Waals surface area contributed by atoms with Crippen molar-refractivity contribution in [3.63, 3.8) is 0 Å². The number of halogens is 2. The number of hydrogen-bond acceptors (Lipinski definition) is 4. The van der Waals surface area contributed by atoms with Gasteiger partial charge in [-0.05, 0) is 19.1 Å². The predicted molar refractivity (Wildman–Crippen MR) is 72.1 cm³/mol. The van der Waals surface area contributed by atoms with Crippen molar-refractivity contribution < 1.29 is 17.5 Å². The number of hydrogen-bond donors (Lipinski definition) is 1. The summed E-state index contributed by atoms with van der Waals surface area (Å²) in [4.78, 5) is -0.531. The quantitative estimate of drug-likeness (QED) is 0.641. The molecule has 0 aliphatic rings. The summed E-state index contributed by atoms with van der Waals surface area (Å²) in [5.41, 5.74) is 5.07. The molecule has 1 aromatic rings. The van der Waals surface area contributed by atoms with E-state index in [0.29, 0.717) is 6.61 Å². The van der Waals surface area contributed by atoms with Crippen molar-refractivity contribution in [2.75, 3.05) is 32.5 Å². The molecule has 0 atom stereocenters. The van der Waals surface area contributed by atoms with Crippen molar-refractivity contribution in [3.8, 4) is 0 Å². The first-order valence-electron chi connectivity index (χ1n) is 5.59. The van der Waals surface area contributed by atoms with Gasteiger partial charge in [-0.3, -0.25) is 0 Å². The van der Waals surface area contributed by atoms with Crippen LogP contribution in [0.2, 0.25) is 5.02 Å². The van der Waals surface area contributed by atoms with E-state index in [1.807, 2.05) is 0 Å². The van der Waals surface area contributed by atoms with Gasteiger partial charge in [0.15, 0.2) is 5.82 Å². The average Bonchev–Trinajstić information content (AvgIpc) is 2.33. The molecule has 0 aliphatic carbocycles. The lowest BCUT2D eigenvalue weighted by Gasteiger charge is -2.18. The lowest BCUT2D eigenvalue weighted by Crippen LogP contribution is -2.31. The maximum absolute atomic E-state index is 13.8. The monoisotopic (exact) mass is 310 g/mol. The topological polar surface area (TPSA) is 72.6 Å². The highest BCUT2D eigenvalue weighted by atomic mass is 35.5. The van der Waals surface area contributed by atoms with Crippen molar-refractivity contribution in [1.29, 1.82) is 0 Å². The highest BCUT2D eigenvalue weighted by molar-refractivity contribution is 7.89. The van der Waals surface area contributed by atoms with Crippen LogP contribution in [0.25, 0.3) is 0 Å². The number of nitrogen functional groups attached to an aromatic ring is 1. The molecular formula is C11H16ClFN2O3S. The van der Waals surface area contributed by atoms with Gasteiger partial charge in [0.2, 0.25) is 10.0 Å². The second kappa shape index (κ2) is 6.51. The minimum atomic E-state index is -3.98. The fourth-order valence-electron chi connectivity index (χ4n) is 1.40. The van der Waals surface area contributed by atoms with Gasteiger partial charge in [0.1, 0.15) is 4.90 Å². The molecule has 0 saturated carbocycles. The van der Waals surface area contributed by atoms with Gasteiger partial charge < -0.3 is 10.5 Å². The van der Waals surface area contributed by atoms with E-state index in [9.17, 15) is 12.8 Å². The molecule has 0 fully saturated rings. The van der Waals surface area contributed by atoms with Crippen LogP contribution < -0.4 is 5.73 Å². The Morgan fingerprint density at radius 2 is 2.11 bits per heavy atom. The van der Waals surface area contributed by atoms with Crippen molar-refractivity contribution in [3.05, 3.63) is 23.0 Å². The standard InChI is InChI=1S/C11H16ClFN2O3S/c1-3-18-5-4-15(2)19(16,17)10-7-8(12)6-9(14)11(10)13/h6-7H,3-5,14H2,1-2H3. The Bertz CT molecular complexity index is 551. The summed E-state index contributed by atoms with van der Waals surface area (Å²) < 4.78 is 44.2. The smallest absolute Gasteiger partial charge is 0.245 e. The largest absolute Gasteiger partial charge is 0.396 e. The summed E-state index contributed by atoms with van der Waals surface area (Å²) in [6.07, 6.45) is 0. The normalized spacial score (nSPS) is 12.1. The van der Waals surface area contributed by atoms with Crippen LogP contribution in [0.5, 0.6) is 0 Å². The highest BCUT2D eigenvalue weighted by Crippen LogP contribution is 2.26. The van der Waals surface area contributed by atoms with Crippen molar-refractivity contribution in [2.45, 2.75) is 11.8 Å². The van der Waals surface area contributed by atoms with E-state index in [1.165, 1.54) is 7.05 Å². The molecule has 8 heteroatoms. The second-order valence-electron chi connectivity index (χ2n) is 3.83. The van der Waals surface area contributed by atoms with Gasteiger partial charge in [0.05, 0.1) is 12.3 Å². The predicted octanol–water partition coefficient (Wildman–Crippen LogP) is 1.72. The number of benzene rings is 1. The molecule has 0 unspecified atom stereocenters. The van der Waals surface area contributed by atoms with Gasteiger partial charge in [0, 0.05) is 25.2 Å². The van der Waals surface area contributed by atoms with Crippen LogP contribution in [-0.4, -0.2) is 39.5 Å². The van der Waals surface area contributed by atoms with E-state index in [-0.39, 0.29) is 23.9 Å². The van der Waals surface area contributed by atoms with Crippen molar-refractivity contribution >= 4 is 27.3 Å². The number of likely N-dealkylation sites (N-methyl/N-ethyl adjacent to an activating group) is 1. The van der Waals surface area contributed by atoms with Crippen LogP contribution in [0.3, 0.4) is 0 Å². The fourth-order valence-corrected chi connectivity index (χ4v) is 2.96. The number of rotatable bonds is 6. The first kappa shape index (κ1) is 16.2. The SMILES string of the molecule is CCOCCN(C)S(=O)(=O)c1cc(Cl)cc(N)c1F. The summed E-state index contributed by atoms with van der Waals surface area (Å²) in [6, 6.07) is 2.20. The van der Waals surface area contributed by atoms with Gasteiger partial charge in [-0.25, -0.2) is 12.8 Å². The molecule has 108 valence electrons. The van der Waals surface area contributed by atoms with E-state index < -0.39 is 20.7 Å². The van der Waals surface area contributed by atoms with Crippen LogP contribution in [0.1, 0.15) is 6.92 Å². The van der Waals surface area contributed by atoms with E-state index in [0.717, 1.165) is 16.4 Å². The summed E-state index contributed by atoms with van der Waals surface area (Å²) in [5, 5.41) is 0.0654. The molecule has 0 spiro atoms. The molecule has 0 aromatic heterocycles. The molecule has 5 nitrogen and oxygen atoms in total. The van der Waals surface area contributed by atoms with Crippen LogP contribution >= 0.6 is 11.6 Å². The van der Waals surface area contributed by atoms with Crippen molar-refractivity contribution in [2.24, 2.45) is 0 Å². The number of nitrogens with zero attached hydrogens (tertiary/aromatic N) is 1. The Morgan fingerprint density at radius 1 is 1.47 bits per heavy atom. The third kappa shape index (κ3) is 3.79. The van der Waals surface area contributed by atoms with Crippen LogP contribution in [0, 0.1) is 5.82 Å². The molecule has 0 aliphatic heterocycles. The first-order valence-corrected chi connectivity index (χ1v) is 7.41. The Kier molecular flexibility index (Phi) is 5.54. The van der Waals surface area contributed by atoms with Gasteiger partial charge in [-0.15, -0.1) is 0 Å². The molecule has 0 amide bonds. The van der Waals surface area contributed by atoms with Crippen molar-refractivity contribution in [1.82, 2.24) is 4.31 Å². The van der Waals surface area contributed by atoms with Crippen LogP contribution in [0.15, 0.2) is 17.0 Å². The summed E-state index contributed by atoms with van der Waals surface area (Å²) in [5.74, 6) is -0.993. The van der Waals surface area contributed by atoms with Crippen LogP contribution in [0.4, 0.5) is 10.1 Å². The minimum Gasteiger partial charge on any atom is -0.396 e. The summed E-state index contributed by atoms with van der Waals surface area (Å²) >= 11 is 5.71. The van der Waals surface area contributed by atoms with Gasteiger partial charge >= 0.3 is 0 Å². The summed E-state index contributed by atoms with van der Waals surface area (Å²) in [6.45, 7) is 2.62. The Labute approximate surface area is 117 Å². The zero-order chi connectivity index (χ0) is 14.6. The van der Waals surface area contributed by atoms with E-state index in [4.69, 9.17) is 22.1 Å². The molecule has 1 rings (SSSR count). The fraction of sp³-hybridized carbons (Fsp3) is 0.455. The Morgan fingerprint density at radius 3 is 2.68 bits per heavy atom. The van der Waals surface area contributed by atoms with E-state index in [1.54, 1.807) is 6.92 Å². The second-order valence-corrected chi connectivity index (χ2v) is 6.28. The maximum Gasteiger partial charge on any atom is 0.245 e. The summed E-state index contributed by atoms with van der Waals surface area (Å²) in [7, 11) is -2.64. The van der Waals surface area contributed by atoms with E-state index >= 15 is 0 Å². The first-order chi connectivity index (χ1) is 8.80. The van der Waals surface area contributed by atoms with Gasteiger partial charge in [-0.2, -0.15) is 4.31 Å². The number of anilines is 1. The number of nitrogens with two attached hydrogens (primary N) is 1. The molecule has 0 heterocycles. The molecule has 0 radical (unpaired) electrons. The molecule has 2 N–H and O–H groups in total. The zero-order valence-electron chi connectivity index (χ0n) is 10.7. The highest BCUT2D eigenvalue weighted by Gasteiger charge is 2.26. The molecular weight excluding hydrogens is 295 g/mol.